The van der Waals surface area contributed by atoms with Gasteiger partial charge in [-0.15, -0.1) is 8.20 Å². The number of nitrogens with two attached hydrogens (primary N) is 1. The highest BCUT2D eigenvalue weighted by Gasteiger charge is 2.21. The summed E-state index contributed by atoms with van der Waals surface area (Å²) in [7, 11) is 3.47. The van der Waals surface area contributed by atoms with Gasteiger partial charge in [-0.3, -0.25) is 0 Å². The number of hydrogen-bond donors (Lipinski definition) is 1. The molecule has 5 heteroatoms. The largest absolute Gasteiger partial charge is 0.492 e. The van der Waals surface area contributed by atoms with Gasteiger partial charge in [0.25, 0.3) is 0 Å². The Morgan fingerprint density at radius 2 is 2.26 bits per heavy atom. The molecule has 0 spiro atoms. The second-order valence-corrected chi connectivity index (χ2v) is 6.74. The van der Waals surface area contributed by atoms with Crippen LogP contribution in [-0.2, 0) is 0 Å². The van der Waals surface area contributed by atoms with Crippen molar-refractivity contribution in [2.24, 2.45) is 5.92 Å². The van der Waals surface area contributed by atoms with Crippen molar-refractivity contribution < 1.29 is 4.74 Å². The lowest BCUT2D eigenvalue weighted by Crippen LogP contribution is -2.44. The zero-order valence-corrected chi connectivity index (χ0v) is 13.9. The molecule has 0 amide bonds. The van der Waals surface area contributed by atoms with Crippen LogP contribution in [0.2, 0.25) is 0 Å². The Labute approximate surface area is 125 Å². The summed E-state index contributed by atoms with van der Waals surface area (Å²) >= 11 is 3.53. The van der Waals surface area contributed by atoms with Gasteiger partial charge in [0.2, 0.25) is 0 Å². The van der Waals surface area contributed by atoms with Crippen molar-refractivity contribution >= 4 is 35.6 Å². The average molecular weight is 343 g/mol. The first-order valence-electron chi connectivity index (χ1n) is 6.51. The molecule has 1 heterocycles. The maximum absolute atomic E-state index is 6.06. The van der Waals surface area contributed by atoms with Crippen LogP contribution in [0, 0.1) is 5.92 Å². The lowest BCUT2D eigenvalue weighted by molar-refractivity contribution is 0.152. The fourth-order valence-electron chi connectivity index (χ4n) is 2.25. The average Bonchev–Trinajstić information content (AvgIpc) is 2.35. The Morgan fingerprint density at radius 3 is 2.89 bits per heavy atom. The van der Waals surface area contributed by atoms with Crippen LogP contribution >= 0.6 is 24.1 Å². The third kappa shape index (κ3) is 3.71. The fourth-order valence-corrected chi connectivity index (χ4v) is 3.79. The zero-order valence-electron chi connectivity index (χ0n) is 11.4. The van der Waals surface area contributed by atoms with Gasteiger partial charge in [0.1, 0.15) is 5.75 Å². The van der Waals surface area contributed by atoms with Gasteiger partial charge in [-0.1, -0.05) is 0 Å². The predicted molar refractivity (Wildman–Crippen MR) is 87.7 cm³/mol. The molecule has 2 rings (SSSR count). The Morgan fingerprint density at radius 1 is 1.53 bits per heavy atom. The van der Waals surface area contributed by atoms with E-state index in [1.807, 2.05) is 19.1 Å². The van der Waals surface area contributed by atoms with Crippen LogP contribution in [0.1, 0.15) is 12.5 Å². The van der Waals surface area contributed by atoms with Crippen LogP contribution in [0.4, 0.5) is 5.69 Å². The normalized spacial score (nSPS) is 16.8. The number of anilines is 1. The zero-order chi connectivity index (χ0) is 13.8. The quantitative estimate of drug-likeness (QED) is 0.660. The molecule has 1 saturated heterocycles. The van der Waals surface area contributed by atoms with Crippen LogP contribution in [0.3, 0.4) is 0 Å². The summed E-state index contributed by atoms with van der Waals surface area (Å²) in [4.78, 5) is 2.35. The maximum atomic E-state index is 6.06. The molecule has 1 fully saturated rings. The fraction of sp³-hybridized carbons (Fsp3) is 0.500. The molecule has 0 radical (unpaired) electrons. The van der Waals surface area contributed by atoms with Gasteiger partial charge >= 0.3 is 0 Å². The highest BCUT2D eigenvalue weighted by atomic mass is 79.9. The molecule has 0 aromatic heterocycles. The molecular weight excluding hydrogens is 323 g/mol. The maximum Gasteiger partial charge on any atom is 0.143 e. The van der Waals surface area contributed by atoms with E-state index in [4.69, 9.17) is 10.5 Å². The molecule has 3 nitrogen and oxygen atoms in total. The SMILES string of the molecule is CCOc1c(Br)ccc(N)c1C=PCC1CN(C)C1. The Hall–Kier alpha value is -0.570. The molecule has 0 unspecified atom stereocenters. The summed E-state index contributed by atoms with van der Waals surface area (Å²) in [6.07, 6.45) is 1.20. The summed E-state index contributed by atoms with van der Waals surface area (Å²) in [6.45, 7) is 5.06. The van der Waals surface area contributed by atoms with E-state index < -0.39 is 0 Å². The van der Waals surface area contributed by atoms with Crippen molar-refractivity contribution in [2.75, 3.05) is 38.6 Å². The van der Waals surface area contributed by atoms with Crippen molar-refractivity contribution in [3.8, 4) is 5.75 Å². The molecule has 1 aromatic rings. The van der Waals surface area contributed by atoms with Gasteiger partial charge in [-0.2, -0.15) is 0 Å². The molecule has 1 aliphatic heterocycles. The summed E-state index contributed by atoms with van der Waals surface area (Å²) in [5.41, 5.74) is 7.86. The van der Waals surface area contributed by atoms with E-state index >= 15 is 0 Å². The molecular formula is C14H20BrN2OP. The minimum absolute atomic E-state index is 0.646. The van der Waals surface area contributed by atoms with Crippen molar-refractivity contribution in [3.05, 3.63) is 22.2 Å². The second kappa shape index (κ2) is 6.74. The standard InChI is InChI=1S/C14H20BrN2OP/c1-3-18-14-11(13(16)5-4-12(14)15)9-19-8-10-6-17(2)7-10/h4-5,9-10H,3,6-8,16H2,1-2H3. The minimum atomic E-state index is 0.646. The number of ether oxygens (including phenoxy) is 1. The smallest absolute Gasteiger partial charge is 0.143 e. The summed E-state index contributed by atoms with van der Waals surface area (Å²) in [6, 6.07) is 3.86. The van der Waals surface area contributed by atoms with Crippen LogP contribution < -0.4 is 10.5 Å². The predicted octanol–water partition coefficient (Wildman–Crippen LogP) is 3.09. The Bertz CT molecular complexity index is 473. The third-order valence-electron chi connectivity index (χ3n) is 3.19. The number of benzene rings is 1. The van der Waals surface area contributed by atoms with Gasteiger partial charge < -0.3 is 15.4 Å². The van der Waals surface area contributed by atoms with Gasteiger partial charge in [0.05, 0.1) is 11.1 Å². The summed E-state index contributed by atoms with van der Waals surface area (Å²) in [5, 5.41) is 0. The first-order valence-corrected chi connectivity index (χ1v) is 8.45. The van der Waals surface area contributed by atoms with E-state index in [1.54, 1.807) is 0 Å². The number of nitrogens with zero attached hydrogens (tertiary/aromatic N) is 1. The Balaban J connectivity index is 2.09. The molecule has 0 saturated carbocycles. The van der Waals surface area contributed by atoms with Crippen molar-refractivity contribution in [1.82, 2.24) is 4.90 Å². The lowest BCUT2D eigenvalue weighted by Gasteiger charge is -2.35. The molecule has 2 N–H and O–H groups in total. The second-order valence-electron chi connectivity index (χ2n) is 4.89. The highest BCUT2D eigenvalue weighted by molar-refractivity contribution is 9.10. The number of rotatable bonds is 5. The third-order valence-corrected chi connectivity index (χ3v) is 4.99. The van der Waals surface area contributed by atoms with Crippen molar-refractivity contribution in [3.63, 3.8) is 0 Å². The van der Waals surface area contributed by atoms with E-state index in [-0.39, 0.29) is 0 Å². The van der Waals surface area contributed by atoms with E-state index in [0.29, 0.717) is 6.61 Å². The molecule has 0 aliphatic carbocycles. The van der Waals surface area contributed by atoms with E-state index in [9.17, 15) is 0 Å². The van der Waals surface area contributed by atoms with Crippen LogP contribution in [-0.4, -0.2) is 43.6 Å². The molecule has 104 valence electrons. The number of likely N-dealkylation sites (tertiary alicyclic amines) is 1. The molecule has 1 aromatic carbocycles. The molecule has 1 aliphatic rings. The molecule has 0 atom stereocenters. The first-order chi connectivity index (χ1) is 9.11. The highest BCUT2D eigenvalue weighted by Crippen LogP contribution is 2.33. The number of halogens is 1. The van der Waals surface area contributed by atoms with Gasteiger partial charge in [0, 0.05) is 24.3 Å². The monoisotopic (exact) mass is 342 g/mol. The minimum Gasteiger partial charge on any atom is -0.492 e. The number of nitrogen functional groups attached to an aromatic ring is 1. The van der Waals surface area contributed by atoms with E-state index in [1.165, 1.54) is 27.5 Å². The van der Waals surface area contributed by atoms with E-state index in [2.05, 4.69) is 33.7 Å². The number of hydrogen-bond acceptors (Lipinski definition) is 3. The lowest BCUT2D eigenvalue weighted by atomic mass is 10.0. The summed E-state index contributed by atoms with van der Waals surface area (Å²) < 4.78 is 6.66. The van der Waals surface area contributed by atoms with Crippen LogP contribution in [0.25, 0.3) is 0 Å². The van der Waals surface area contributed by atoms with Gasteiger partial charge in [-0.25, -0.2) is 0 Å². The molecule has 19 heavy (non-hydrogen) atoms. The van der Waals surface area contributed by atoms with Crippen LogP contribution in [0.5, 0.6) is 5.75 Å². The van der Waals surface area contributed by atoms with Crippen LogP contribution in [0.15, 0.2) is 16.6 Å². The molecule has 0 bridgehead atoms. The van der Waals surface area contributed by atoms with E-state index in [0.717, 1.165) is 27.4 Å². The topological polar surface area (TPSA) is 38.5 Å². The summed E-state index contributed by atoms with van der Waals surface area (Å²) in [5.74, 6) is 3.87. The first kappa shape index (κ1) is 14.8. The van der Waals surface area contributed by atoms with Crippen molar-refractivity contribution in [2.45, 2.75) is 6.92 Å². The van der Waals surface area contributed by atoms with Gasteiger partial charge in [-0.05, 0) is 59.9 Å². The van der Waals surface area contributed by atoms with Gasteiger partial charge in [0.15, 0.2) is 0 Å². The van der Waals surface area contributed by atoms with Crippen molar-refractivity contribution in [1.29, 1.82) is 0 Å². The Kier molecular flexibility index (Phi) is 5.26.